The van der Waals surface area contributed by atoms with E-state index >= 15 is 0 Å². The quantitative estimate of drug-likeness (QED) is 0.0637. The number of hydrogen-bond donors (Lipinski definition) is 0. The van der Waals surface area contributed by atoms with E-state index in [1.54, 1.807) is 0 Å². The topological polar surface area (TPSA) is 42.0 Å². The predicted octanol–water partition coefficient (Wildman–Crippen LogP) is 16.2. The minimum atomic E-state index is -0.227. The molecule has 0 fully saturated rings. The number of benzene rings is 7. The van der Waals surface area contributed by atoms with Crippen LogP contribution in [-0.2, 0) is 5.41 Å². The predicted molar refractivity (Wildman–Crippen MR) is 259 cm³/mol. The molecule has 5 nitrogen and oxygen atoms in total. The Bertz CT molecular complexity index is 2530. The highest BCUT2D eigenvalue weighted by atomic mass is 16.5. The van der Waals surface area contributed by atoms with Gasteiger partial charge in [0.05, 0.1) is 0 Å². The summed E-state index contributed by atoms with van der Waals surface area (Å²) in [4.78, 5) is 17.9. The van der Waals surface area contributed by atoms with Crippen molar-refractivity contribution in [2.45, 2.75) is 78.2 Å². The van der Waals surface area contributed by atoms with Gasteiger partial charge >= 0.3 is 0 Å². The molecule has 0 saturated carbocycles. The highest BCUT2D eigenvalue weighted by Gasteiger charge is 2.27. The van der Waals surface area contributed by atoms with Gasteiger partial charge in [0.25, 0.3) is 0 Å². The van der Waals surface area contributed by atoms with Gasteiger partial charge in [0.2, 0.25) is 0 Å². The Hall–Kier alpha value is -6.85. The molecule has 0 bridgehead atoms. The third kappa shape index (κ3) is 10.0. The smallest absolute Gasteiger partial charge is 0.193 e. The van der Waals surface area contributed by atoms with Gasteiger partial charge in [-0.2, -0.15) is 0 Å². The lowest BCUT2D eigenvalue weighted by molar-refractivity contribution is 0.0985. The van der Waals surface area contributed by atoms with Crippen molar-refractivity contribution in [1.29, 1.82) is 0 Å². The van der Waals surface area contributed by atoms with Crippen LogP contribution in [0.4, 0.5) is 34.1 Å². The second kappa shape index (κ2) is 19.2. The number of carbonyl (C=O) groups is 1. The van der Waals surface area contributed by atoms with Crippen molar-refractivity contribution in [1.82, 2.24) is 0 Å². The van der Waals surface area contributed by atoms with Gasteiger partial charge < -0.3 is 19.3 Å². The number of rotatable bonds is 18. The van der Waals surface area contributed by atoms with Crippen LogP contribution in [0.15, 0.2) is 194 Å². The van der Waals surface area contributed by atoms with E-state index in [4.69, 9.17) is 9.47 Å². The van der Waals surface area contributed by atoms with Gasteiger partial charge in [0.1, 0.15) is 22.8 Å². The summed E-state index contributed by atoms with van der Waals surface area (Å²) in [6, 6.07) is 61.3. The van der Waals surface area contributed by atoms with E-state index in [1.807, 2.05) is 60.7 Å². The standard InChI is InChI=1S/C57H58N2O3/c1-8-40-56(5,6)62-54-38-32-51(33-39-54)59(47-18-14-11-15-19-47)49-28-26-48(27-29-49)58(46-16-12-10-13-17-46)50-30-36-53(37-31-50)61-52-34-22-44(23-35-52)55(60)43-20-24-45(25-21-43)57(7,41-9-2)42(3)4/h10-39H,3,8-9,40-41H2,1-2,4-7H3. The van der Waals surface area contributed by atoms with Crippen LogP contribution in [0.3, 0.4) is 0 Å². The lowest BCUT2D eigenvalue weighted by Crippen LogP contribution is -2.27. The highest BCUT2D eigenvalue weighted by molar-refractivity contribution is 6.09. The Morgan fingerprint density at radius 1 is 0.484 bits per heavy atom. The number of anilines is 6. The zero-order valence-electron chi connectivity index (χ0n) is 37.0. The molecular weight excluding hydrogens is 761 g/mol. The van der Waals surface area contributed by atoms with Crippen molar-refractivity contribution in [3.8, 4) is 17.2 Å². The van der Waals surface area contributed by atoms with Crippen LogP contribution in [0.25, 0.3) is 0 Å². The number of ketones is 1. The first-order chi connectivity index (χ1) is 30.0. The fourth-order valence-corrected chi connectivity index (χ4v) is 8.17. The van der Waals surface area contributed by atoms with Crippen LogP contribution in [0, 0.1) is 0 Å². The first-order valence-electron chi connectivity index (χ1n) is 21.8. The van der Waals surface area contributed by atoms with E-state index in [0.717, 1.165) is 71.1 Å². The number of carbonyl (C=O) groups excluding carboxylic acids is 1. The molecule has 0 aliphatic carbocycles. The molecule has 314 valence electrons. The van der Waals surface area contributed by atoms with E-state index in [-0.39, 0.29) is 16.8 Å². The van der Waals surface area contributed by atoms with Crippen molar-refractivity contribution in [2.75, 3.05) is 9.80 Å². The minimum Gasteiger partial charge on any atom is -0.488 e. The third-order valence-electron chi connectivity index (χ3n) is 11.7. The van der Waals surface area contributed by atoms with E-state index in [0.29, 0.717) is 22.6 Å². The Morgan fingerprint density at radius 2 is 0.839 bits per heavy atom. The lowest BCUT2D eigenvalue weighted by atomic mass is 9.73. The zero-order chi connectivity index (χ0) is 43.7. The van der Waals surface area contributed by atoms with Crippen LogP contribution >= 0.6 is 0 Å². The molecule has 0 aromatic heterocycles. The second-order valence-corrected chi connectivity index (χ2v) is 16.9. The number of nitrogens with zero attached hydrogens (tertiary/aromatic N) is 2. The fraction of sp³-hybridized carbons (Fsp3) is 0.211. The Labute approximate surface area is 368 Å². The molecule has 0 aliphatic heterocycles. The maximum Gasteiger partial charge on any atom is 0.193 e. The number of allylic oxidation sites excluding steroid dienone is 1. The molecule has 0 saturated heterocycles. The summed E-state index contributed by atoms with van der Waals surface area (Å²) in [5.74, 6) is 2.20. The minimum absolute atomic E-state index is 0.0205. The summed E-state index contributed by atoms with van der Waals surface area (Å²) in [6.07, 6.45) is 4.13. The van der Waals surface area contributed by atoms with Gasteiger partial charge in [-0.3, -0.25) is 4.79 Å². The highest BCUT2D eigenvalue weighted by Crippen LogP contribution is 2.41. The van der Waals surface area contributed by atoms with Gasteiger partial charge in [0, 0.05) is 50.7 Å². The van der Waals surface area contributed by atoms with Crippen molar-refractivity contribution >= 4 is 39.9 Å². The number of hydrogen-bond acceptors (Lipinski definition) is 5. The number of ether oxygens (including phenoxy) is 2. The van der Waals surface area contributed by atoms with Crippen molar-refractivity contribution in [2.24, 2.45) is 0 Å². The molecule has 7 aromatic rings. The molecule has 0 heterocycles. The molecule has 0 spiro atoms. The molecule has 0 N–H and O–H groups in total. The van der Waals surface area contributed by atoms with Crippen molar-refractivity contribution < 1.29 is 14.3 Å². The SMILES string of the molecule is C=C(C)C(C)(CCC)c1ccc(C(=O)c2ccc(Oc3ccc(N(c4ccccc4)c4ccc(N(c5ccccc5)c5ccc(OC(C)(C)CCC)cc5)cc4)cc3)cc2)cc1. The molecule has 1 atom stereocenters. The first-order valence-corrected chi connectivity index (χ1v) is 21.8. The monoisotopic (exact) mass is 818 g/mol. The molecule has 7 aromatic carbocycles. The van der Waals surface area contributed by atoms with Crippen LogP contribution in [0.1, 0.15) is 88.7 Å². The Morgan fingerprint density at radius 3 is 1.24 bits per heavy atom. The maximum absolute atomic E-state index is 13.5. The summed E-state index contributed by atoms with van der Waals surface area (Å²) >= 11 is 0. The van der Waals surface area contributed by atoms with Crippen molar-refractivity contribution in [3.63, 3.8) is 0 Å². The third-order valence-corrected chi connectivity index (χ3v) is 11.7. The van der Waals surface area contributed by atoms with E-state index in [2.05, 4.69) is 179 Å². The van der Waals surface area contributed by atoms with Gasteiger partial charge in [-0.15, -0.1) is 0 Å². The summed E-state index contributed by atoms with van der Waals surface area (Å²) in [6.45, 7) is 17.2. The summed E-state index contributed by atoms with van der Waals surface area (Å²) in [5.41, 5.74) is 9.44. The van der Waals surface area contributed by atoms with Gasteiger partial charge in [-0.05, 0) is 161 Å². The van der Waals surface area contributed by atoms with E-state index < -0.39 is 0 Å². The molecule has 7 rings (SSSR count). The summed E-state index contributed by atoms with van der Waals surface area (Å²) < 4.78 is 12.6. The summed E-state index contributed by atoms with van der Waals surface area (Å²) in [7, 11) is 0. The Balaban J connectivity index is 1.08. The Kier molecular flexibility index (Phi) is 13.4. The van der Waals surface area contributed by atoms with Crippen LogP contribution in [-0.4, -0.2) is 11.4 Å². The van der Waals surface area contributed by atoms with Crippen LogP contribution in [0.2, 0.25) is 0 Å². The molecule has 0 amide bonds. The molecule has 1 unspecified atom stereocenters. The molecular formula is C57H58N2O3. The van der Waals surface area contributed by atoms with Crippen LogP contribution < -0.4 is 19.3 Å². The molecule has 62 heavy (non-hydrogen) atoms. The van der Waals surface area contributed by atoms with Gasteiger partial charge in [-0.25, -0.2) is 0 Å². The first kappa shape index (κ1) is 43.2. The molecule has 0 radical (unpaired) electrons. The number of para-hydroxylation sites is 2. The average Bonchev–Trinajstić information content (AvgIpc) is 3.29. The second-order valence-electron chi connectivity index (χ2n) is 16.9. The summed E-state index contributed by atoms with van der Waals surface area (Å²) in [5, 5.41) is 0. The maximum atomic E-state index is 13.5. The fourth-order valence-electron chi connectivity index (χ4n) is 8.17. The largest absolute Gasteiger partial charge is 0.488 e. The van der Waals surface area contributed by atoms with E-state index in [1.165, 1.54) is 5.56 Å². The van der Waals surface area contributed by atoms with Crippen LogP contribution in [0.5, 0.6) is 17.2 Å². The zero-order valence-corrected chi connectivity index (χ0v) is 37.0. The normalized spacial score (nSPS) is 12.2. The van der Waals surface area contributed by atoms with E-state index in [9.17, 15) is 4.79 Å². The molecule has 5 heteroatoms. The van der Waals surface area contributed by atoms with Gasteiger partial charge in [0.15, 0.2) is 5.78 Å². The van der Waals surface area contributed by atoms with Gasteiger partial charge in [-0.1, -0.05) is 106 Å². The van der Waals surface area contributed by atoms with Crippen molar-refractivity contribution in [3.05, 3.63) is 211 Å². The average molecular weight is 819 g/mol. The lowest BCUT2D eigenvalue weighted by Gasteiger charge is -2.31. The molecule has 0 aliphatic rings.